The largest absolute Gasteiger partial charge is 0.455 e. The number of aromatic nitrogens is 2. The summed E-state index contributed by atoms with van der Waals surface area (Å²) in [5.74, 6) is 2.46. The minimum Gasteiger partial charge on any atom is -0.455 e. The van der Waals surface area contributed by atoms with E-state index in [4.69, 9.17) is 9.72 Å². The lowest BCUT2D eigenvalue weighted by Gasteiger charge is -2.20. The van der Waals surface area contributed by atoms with Crippen LogP contribution in [0.5, 0.6) is 11.5 Å². The predicted octanol–water partition coefficient (Wildman–Crippen LogP) is 9.53. The van der Waals surface area contributed by atoms with E-state index >= 15 is 0 Å². The van der Waals surface area contributed by atoms with Gasteiger partial charge in [0, 0.05) is 17.3 Å². The molecule has 0 spiro atoms. The minimum absolute atomic E-state index is 0.708. The Morgan fingerprint density at radius 2 is 1.13 bits per heavy atom. The summed E-state index contributed by atoms with van der Waals surface area (Å²) in [6.45, 7) is 0. The third kappa shape index (κ3) is 3.38. The number of hydrogen-bond acceptors (Lipinski definition) is 4. The molecule has 2 heterocycles. The van der Waals surface area contributed by atoms with E-state index in [1.54, 1.807) is 11.8 Å². The van der Waals surface area contributed by atoms with Crippen LogP contribution in [0.2, 0.25) is 0 Å². The van der Waals surface area contributed by atoms with Crippen LogP contribution in [-0.2, 0) is 0 Å². The second kappa shape index (κ2) is 8.44. The number of ether oxygens (including phenoxy) is 1. The monoisotopic (exact) mass is 504 g/mol. The quantitative estimate of drug-likeness (QED) is 0.220. The normalized spacial score (nSPS) is 12.3. The summed E-state index contributed by atoms with van der Waals surface area (Å²) in [7, 11) is 0. The van der Waals surface area contributed by atoms with Crippen LogP contribution in [0.25, 0.3) is 55.0 Å². The van der Waals surface area contributed by atoms with Gasteiger partial charge in [-0.1, -0.05) is 90.6 Å². The molecule has 3 nitrogen and oxygen atoms in total. The molecule has 0 radical (unpaired) electrons. The molecule has 7 aromatic rings. The zero-order chi connectivity index (χ0) is 25.1. The first-order valence-electron chi connectivity index (χ1n) is 12.6. The molecule has 1 aliphatic heterocycles. The molecule has 0 aliphatic carbocycles. The van der Waals surface area contributed by atoms with Gasteiger partial charge in [-0.2, -0.15) is 0 Å². The van der Waals surface area contributed by atoms with Crippen LogP contribution < -0.4 is 4.74 Å². The van der Waals surface area contributed by atoms with E-state index in [0.717, 1.165) is 38.1 Å². The Morgan fingerprint density at radius 3 is 1.92 bits per heavy atom. The van der Waals surface area contributed by atoms with Crippen LogP contribution in [0, 0.1) is 0 Å². The molecule has 178 valence electrons. The highest BCUT2D eigenvalue weighted by molar-refractivity contribution is 7.99. The Bertz CT molecular complexity index is 2010. The van der Waals surface area contributed by atoms with Gasteiger partial charge in [-0.05, 0) is 68.7 Å². The van der Waals surface area contributed by atoms with E-state index in [1.807, 2.05) is 30.5 Å². The number of fused-ring (bicyclic) bond motifs is 8. The minimum atomic E-state index is 0.708. The maximum Gasteiger partial charge on any atom is 0.159 e. The topological polar surface area (TPSA) is 35.0 Å². The summed E-state index contributed by atoms with van der Waals surface area (Å²) < 4.78 is 6.21. The molecule has 8 rings (SSSR count). The summed E-state index contributed by atoms with van der Waals surface area (Å²) in [4.78, 5) is 11.9. The molecule has 1 aromatic heterocycles. The third-order valence-electron chi connectivity index (χ3n) is 7.19. The fourth-order valence-electron chi connectivity index (χ4n) is 5.39. The number of hydrogen-bond donors (Lipinski definition) is 0. The van der Waals surface area contributed by atoms with Crippen molar-refractivity contribution in [3.63, 3.8) is 0 Å². The van der Waals surface area contributed by atoms with Gasteiger partial charge < -0.3 is 4.74 Å². The van der Waals surface area contributed by atoms with Gasteiger partial charge in [0.15, 0.2) is 5.82 Å². The first-order chi connectivity index (χ1) is 18.8. The first-order valence-corrected chi connectivity index (χ1v) is 13.4. The van der Waals surface area contributed by atoms with E-state index in [-0.39, 0.29) is 0 Å². The molecule has 0 amide bonds. The number of nitrogens with zero attached hydrogens (tertiary/aromatic N) is 2. The Labute approximate surface area is 223 Å². The summed E-state index contributed by atoms with van der Waals surface area (Å²) in [6.07, 6.45) is 1.84. The van der Waals surface area contributed by atoms with Gasteiger partial charge in [-0.15, -0.1) is 0 Å². The van der Waals surface area contributed by atoms with Crippen molar-refractivity contribution >= 4 is 44.1 Å². The molecule has 0 bridgehead atoms. The lowest BCUT2D eigenvalue weighted by atomic mass is 9.93. The van der Waals surface area contributed by atoms with E-state index in [1.165, 1.54) is 32.3 Å². The van der Waals surface area contributed by atoms with Crippen LogP contribution in [0.15, 0.2) is 131 Å². The zero-order valence-corrected chi connectivity index (χ0v) is 21.1. The van der Waals surface area contributed by atoms with E-state index in [2.05, 4.69) is 96.0 Å². The molecule has 0 saturated heterocycles. The number of para-hydroxylation sites is 1. The zero-order valence-electron chi connectivity index (χ0n) is 20.3. The molecule has 0 N–H and O–H groups in total. The lowest BCUT2D eigenvalue weighted by molar-refractivity contribution is 0.455. The highest BCUT2D eigenvalue weighted by Crippen LogP contribution is 2.47. The van der Waals surface area contributed by atoms with Crippen LogP contribution in [0.4, 0.5) is 0 Å². The Morgan fingerprint density at radius 1 is 0.500 bits per heavy atom. The average Bonchev–Trinajstić information content (AvgIpc) is 2.99. The smallest absolute Gasteiger partial charge is 0.159 e. The third-order valence-corrected chi connectivity index (χ3v) is 8.30. The summed E-state index contributed by atoms with van der Waals surface area (Å²) >= 11 is 1.73. The second-order valence-corrected chi connectivity index (χ2v) is 10.5. The van der Waals surface area contributed by atoms with Crippen molar-refractivity contribution in [1.82, 2.24) is 9.97 Å². The van der Waals surface area contributed by atoms with Crippen molar-refractivity contribution in [1.29, 1.82) is 0 Å². The van der Waals surface area contributed by atoms with E-state index in [9.17, 15) is 0 Å². The highest BCUT2D eigenvalue weighted by atomic mass is 32.2. The van der Waals surface area contributed by atoms with E-state index < -0.39 is 0 Å². The van der Waals surface area contributed by atoms with Crippen molar-refractivity contribution in [2.45, 2.75) is 9.79 Å². The maximum absolute atomic E-state index is 6.21. The number of rotatable bonds is 2. The molecule has 0 unspecified atom stereocenters. The molecule has 0 fully saturated rings. The Kier molecular flexibility index (Phi) is 4.76. The molecule has 4 heteroatoms. The van der Waals surface area contributed by atoms with Crippen LogP contribution in [0.1, 0.15) is 0 Å². The molecular weight excluding hydrogens is 484 g/mol. The molecule has 38 heavy (non-hydrogen) atoms. The van der Waals surface area contributed by atoms with Gasteiger partial charge >= 0.3 is 0 Å². The van der Waals surface area contributed by atoms with Gasteiger partial charge in [0.05, 0.1) is 15.5 Å². The summed E-state index contributed by atoms with van der Waals surface area (Å²) in [5.41, 5.74) is 2.87. The summed E-state index contributed by atoms with van der Waals surface area (Å²) in [6, 6.07) is 40.2. The molecule has 0 saturated carbocycles. The predicted molar refractivity (Wildman–Crippen MR) is 156 cm³/mol. The Balaban J connectivity index is 1.24. The van der Waals surface area contributed by atoms with Gasteiger partial charge in [-0.25, -0.2) is 9.97 Å². The first kappa shape index (κ1) is 21.4. The van der Waals surface area contributed by atoms with Crippen molar-refractivity contribution in [2.75, 3.05) is 0 Å². The summed E-state index contributed by atoms with van der Waals surface area (Å²) in [5, 5.41) is 7.49. The molecular formula is C34H20N2OS. The highest BCUT2D eigenvalue weighted by Gasteiger charge is 2.18. The van der Waals surface area contributed by atoms with Gasteiger partial charge in [0.1, 0.15) is 11.5 Å². The van der Waals surface area contributed by atoms with Gasteiger partial charge in [-0.3, -0.25) is 0 Å². The van der Waals surface area contributed by atoms with Crippen LogP contribution >= 0.6 is 11.8 Å². The van der Waals surface area contributed by atoms with Crippen molar-refractivity contribution < 1.29 is 4.74 Å². The van der Waals surface area contributed by atoms with Crippen molar-refractivity contribution in [2.24, 2.45) is 0 Å². The lowest BCUT2D eigenvalue weighted by Crippen LogP contribution is -1.96. The van der Waals surface area contributed by atoms with Crippen molar-refractivity contribution in [3.8, 4) is 34.1 Å². The standard InChI is InChI=1S/C34H20N2OS/c1-2-9-25-23(7-1)24-8-3-4-10-26(24)28-19-22(13-15-27(25)28)34-35-18-17-29(36-34)21-14-16-33-31(20-21)37-30-11-5-6-12-32(30)38-33/h1-20H. The fraction of sp³-hybridized carbons (Fsp3) is 0. The van der Waals surface area contributed by atoms with Gasteiger partial charge in [0.2, 0.25) is 0 Å². The Hall–Kier alpha value is -4.67. The SMILES string of the molecule is c1ccc2c(c1)Oc1cc(-c3ccnc(-c4ccc5c6ccccc6c6ccccc6c5c4)n3)ccc1S2. The molecule has 6 aromatic carbocycles. The molecule has 1 aliphatic rings. The van der Waals surface area contributed by atoms with Crippen molar-refractivity contribution in [3.05, 3.63) is 121 Å². The second-order valence-electron chi connectivity index (χ2n) is 9.43. The number of benzene rings is 6. The molecule has 0 atom stereocenters. The van der Waals surface area contributed by atoms with Crippen LogP contribution in [-0.4, -0.2) is 9.97 Å². The van der Waals surface area contributed by atoms with E-state index in [0.29, 0.717) is 5.82 Å². The average molecular weight is 505 g/mol. The fourth-order valence-corrected chi connectivity index (χ4v) is 6.32. The van der Waals surface area contributed by atoms with Gasteiger partial charge in [0.25, 0.3) is 0 Å². The van der Waals surface area contributed by atoms with Crippen LogP contribution in [0.3, 0.4) is 0 Å². The maximum atomic E-state index is 6.21.